The summed E-state index contributed by atoms with van der Waals surface area (Å²) in [6.45, 7) is 1.45. The third-order valence-corrected chi connectivity index (χ3v) is 2.92. The number of nitrogens with one attached hydrogen (secondary N) is 1. The number of imidazole rings is 1. The van der Waals surface area contributed by atoms with Crippen molar-refractivity contribution in [2.24, 2.45) is 0 Å². The first-order valence-corrected chi connectivity index (χ1v) is 6.28. The first kappa shape index (κ1) is 12.1. The number of hydrogen-bond acceptors (Lipinski definition) is 5. The average Bonchev–Trinajstić information content (AvgIpc) is 3.02. The Morgan fingerprint density at radius 1 is 1.32 bits per heavy atom. The Balaban J connectivity index is 1.56. The molecule has 0 saturated heterocycles. The standard InChI is InChI=1S/C12H12ClN5O/c13-9-1-2-11-17-10(7-18(11)6-9)5-14-4-3-12-15-8-16-19-12/h1-2,6-8,14H,3-5H2. The second-order valence-electron chi connectivity index (χ2n) is 4.11. The van der Waals surface area contributed by atoms with Crippen LogP contribution in [0.1, 0.15) is 11.6 Å². The second-order valence-corrected chi connectivity index (χ2v) is 4.54. The van der Waals surface area contributed by atoms with Crippen LogP contribution in [0.2, 0.25) is 5.02 Å². The molecule has 0 atom stereocenters. The number of pyridine rings is 1. The molecule has 0 amide bonds. The fourth-order valence-electron chi connectivity index (χ4n) is 1.82. The molecular formula is C12H12ClN5O. The molecule has 98 valence electrons. The highest BCUT2D eigenvalue weighted by Crippen LogP contribution is 2.11. The molecule has 3 heterocycles. The number of fused-ring (bicyclic) bond motifs is 1. The van der Waals surface area contributed by atoms with E-state index < -0.39 is 0 Å². The van der Waals surface area contributed by atoms with E-state index in [4.69, 9.17) is 16.1 Å². The highest BCUT2D eigenvalue weighted by Gasteiger charge is 2.02. The van der Waals surface area contributed by atoms with Crippen LogP contribution in [-0.2, 0) is 13.0 Å². The SMILES string of the molecule is Clc1ccc2nc(CNCCc3ncno3)cn2c1. The lowest BCUT2D eigenvalue weighted by Crippen LogP contribution is -2.16. The molecule has 0 fully saturated rings. The minimum Gasteiger partial charge on any atom is -0.340 e. The Bertz CT molecular complexity index is 664. The number of hydrogen-bond donors (Lipinski definition) is 1. The first-order chi connectivity index (χ1) is 9.31. The number of nitrogens with zero attached hydrogens (tertiary/aromatic N) is 4. The fraction of sp³-hybridized carbons (Fsp3) is 0.250. The highest BCUT2D eigenvalue weighted by molar-refractivity contribution is 6.30. The Labute approximate surface area is 114 Å². The Morgan fingerprint density at radius 2 is 2.26 bits per heavy atom. The molecule has 1 N–H and O–H groups in total. The van der Waals surface area contributed by atoms with Crippen LogP contribution in [0.4, 0.5) is 0 Å². The Hall–Kier alpha value is -1.92. The molecule has 7 heteroatoms. The zero-order valence-electron chi connectivity index (χ0n) is 10.1. The third kappa shape index (κ3) is 2.91. The molecule has 0 bridgehead atoms. The smallest absolute Gasteiger partial charge is 0.227 e. The monoisotopic (exact) mass is 277 g/mol. The molecule has 6 nitrogen and oxygen atoms in total. The molecule has 3 aromatic heterocycles. The lowest BCUT2D eigenvalue weighted by molar-refractivity contribution is 0.375. The van der Waals surface area contributed by atoms with Crippen molar-refractivity contribution in [2.45, 2.75) is 13.0 Å². The molecular weight excluding hydrogens is 266 g/mol. The molecule has 0 unspecified atom stereocenters. The molecule has 0 aliphatic carbocycles. The lowest BCUT2D eigenvalue weighted by atomic mass is 10.4. The normalized spacial score (nSPS) is 11.2. The summed E-state index contributed by atoms with van der Waals surface area (Å²) in [6.07, 6.45) is 5.91. The summed E-state index contributed by atoms with van der Waals surface area (Å²) in [5, 5.41) is 7.53. The average molecular weight is 278 g/mol. The van der Waals surface area contributed by atoms with Crippen molar-refractivity contribution < 1.29 is 4.52 Å². The summed E-state index contributed by atoms with van der Waals surface area (Å²) in [6, 6.07) is 3.72. The summed E-state index contributed by atoms with van der Waals surface area (Å²) in [5.74, 6) is 0.634. The number of halogens is 1. The Morgan fingerprint density at radius 3 is 3.11 bits per heavy atom. The van der Waals surface area contributed by atoms with Gasteiger partial charge < -0.3 is 14.2 Å². The van der Waals surface area contributed by atoms with E-state index in [1.807, 2.05) is 28.9 Å². The topological polar surface area (TPSA) is 68.2 Å². The van der Waals surface area contributed by atoms with Crippen molar-refractivity contribution >= 4 is 17.2 Å². The predicted octanol–water partition coefficient (Wildman–Crippen LogP) is 1.70. The van der Waals surface area contributed by atoms with Crippen molar-refractivity contribution in [3.05, 3.63) is 47.5 Å². The van der Waals surface area contributed by atoms with Crippen molar-refractivity contribution in [3.8, 4) is 0 Å². The van der Waals surface area contributed by atoms with Gasteiger partial charge in [0, 0.05) is 31.9 Å². The van der Waals surface area contributed by atoms with Crippen LogP contribution in [0.5, 0.6) is 0 Å². The molecule has 0 aliphatic rings. The number of aromatic nitrogens is 4. The molecule has 3 aromatic rings. The maximum absolute atomic E-state index is 5.92. The molecule has 3 rings (SSSR count). The van der Waals surface area contributed by atoms with Crippen molar-refractivity contribution in [2.75, 3.05) is 6.54 Å². The first-order valence-electron chi connectivity index (χ1n) is 5.91. The maximum atomic E-state index is 5.92. The van der Waals surface area contributed by atoms with Gasteiger partial charge in [0.25, 0.3) is 0 Å². The van der Waals surface area contributed by atoms with Gasteiger partial charge in [-0.25, -0.2) is 4.98 Å². The summed E-state index contributed by atoms with van der Waals surface area (Å²) in [4.78, 5) is 8.43. The largest absolute Gasteiger partial charge is 0.340 e. The van der Waals surface area contributed by atoms with Crippen LogP contribution >= 0.6 is 11.6 Å². The van der Waals surface area contributed by atoms with E-state index in [0.29, 0.717) is 23.9 Å². The van der Waals surface area contributed by atoms with E-state index >= 15 is 0 Å². The van der Waals surface area contributed by atoms with Crippen molar-refractivity contribution in [1.82, 2.24) is 24.8 Å². The Kier molecular flexibility index (Phi) is 3.43. The minimum absolute atomic E-state index is 0.634. The third-order valence-electron chi connectivity index (χ3n) is 2.69. The van der Waals surface area contributed by atoms with Crippen LogP contribution in [0.3, 0.4) is 0 Å². The van der Waals surface area contributed by atoms with E-state index in [-0.39, 0.29) is 0 Å². The van der Waals surface area contributed by atoms with Gasteiger partial charge in [-0.3, -0.25) is 0 Å². The van der Waals surface area contributed by atoms with E-state index in [9.17, 15) is 0 Å². The van der Waals surface area contributed by atoms with E-state index in [0.717, 1.165) is 17.9 Å². The molecule has 0 aliphatic heterocycles. The summed E-state index contributed by atoms with van der Waals surface area (Å²) >= 11 is 5.92. The highest BCUT2D eigenvalue weighted by atomic mass is 35.5. The van der Waals surface area contributed by atoms with Gasteiger partial charge in [-0.15, -0.1) is 0 Å². The van der Waals surface area contributed by atoms with Gasteiger partial charge in [-0.2, -0.15) is 4.98 Å². The van der Waals surface area contributed by atoms with Crippen LogP contribution in [-0.4, -0.2) is 26.1 Å². The molecule has 0 radical (unpaired) electrons. The minimum atomic E-state index is 0.634. The van der Waals surface area contributed by atoms with E-state index in [1.54, 1.807) is 0 Å². The fourth-order valence-corrected chi connectivity index (χ4v) is 1.99. The lowest BCUT2D eigenvalue weighted by Gasteiger charge is -1.98. The molecule has 0 spiro atoms. The summed E-state index contributed by atoms with van der Waals surface area (Å²) < 4.78 is 6.83. The molecule has 19 heavy (non-hydrogen) atoms. The zero-order chi connectivity index (χ0) is 13.1. The van der Waals surface area contributed by atoms with Gasteiger partial charge in [0.05, 0.1) is 10.7 Å². The van der Waals surface area contributed by atoms with Gasteiger partial charge in [-0.05, 0) is 12.1 Å². The van der Waals surface area contributed by atoms with Crippen LogP contribution in [0.25, 0.3) is 5.65 Å². The van der Waals surface area contributed by atoms with Gasteiger partial charge in [-0.1, -0.05) is 16.8 Å². The number of rotatable bonds is 5. The zero-order valence-corrected chi connectivity index (χ0v) is 10.8. The molecule has 0 aromatic carbocycles. The van der Waals surface area contributed by atoms with E-state index in [2.05, 4.69) is 20.4 Å². The maximum Gasteiger partial charge on any atom is 0.227 e. The van der Waals surface area contributed by atoms with Gasteiger partial charge in [0.15, 0.2) is 6.33 Å². The van der Waals surface area contributed by atoms with Crippen LogP contribution in [0.15, 0.2) is 35.4 Å². The molecule has 0 saturated carbocycles. The van der Waals surface area contributed by atoms with Crippen molar-refractivity contribution in [1.29, 1.82) is 0 Å². The van der Waals surface area contributed by atoms with Crippen molar-refractivity contribution in [3.63, 3.8) is 0 Å². The predicted molar refractivity (Wildman–Crippen MR) is 69.9 cm³/mol. The van der Waals surface area contributed by atoms with Crippen LogP contribution < -0.4 is 5.32 Å². The van der Waals surface area contributed by atoms with E-state index in [1.165, 1.54) is 6.33 Å². The van der Waals surface area contributed by atoms with Gasteiger partial charge in [0.2, 0.25) is 5.89 Å². The van der Waals surface area contributed by atoms with Gasteiger partial charge >= 0.3 is 0 Å². The quantitative estimate of drug-likeness (QED) is 0.719. The van der Waals surface area contributed by atoms with Crippen LogP contribution in [0, 0.1) is 0 Å². The second kappa shape index (κ2) is 5.38. The summed E-state index contributed by atoms with van der Waals surface area (Å²) in [7, 11) is 0. The summed E-state index contributed by atoms with van der Waals surface area (Å²) in [5.41, 5.74) is 1.85. The van der Waals surface area contributed by atoms with Gasteiger partial charge in [0.1, 0.15) is 5.65 Å².